The lowest BCUT2D eigenvalue weighted by atomic mass is 10.0. The number of carbonyl (C=O) groups is 4. The van der Waals surface area contributed by atoms with Crippen LogP contribution in [0.15, 0.2) is 42.5 Å². The van der Waals surface area contributed by atoms with Gasteiger partial charge in [-0.1, -0.05) is 18.2 Å². The Hall–Kier alpha value is -3.28. The van der Waals surface area contributed by atoms with Gasteiger partial charge in [0.2, 0.25) is 0 Å². The summed E-state index contributed by atoms with van der Waals surface area (Å²) in [5, 5.41) is 2.98. The monoisotopic (exact) mass is 444 g/mol. The van der Waals surface area contributed by atoms with E-state index in [4.69, 9.17) is 0 Å². The average Bonchev–Trinajstić information content (AvgIpc) is 3.60. The number of amides is 2. The lowest BCUT2D eigenvalue weighted by Gasteiger charge is -2.26. The molecule has 0 radical (unpaired) electrons. The second kappa shape index (κ2) is 8.93. The number of carbonyl (C=O) groups excluding carboxylic acids is 4. The highest BCUT2D eigenvalue weighted by Gasteiger charge is 2.36. The SMILES string of the molecule is O=C1CCCCC(=O)C(N2Cc3cc(NC(=O)c4ccccc4C4CC4)ccc3C2=O)CC1. The molecule has 2 amide bonds. The first kappa shape index (κ1) is 21.6. The minimum Gasteiger partial charge on any atom is -0.324 e. The molecule has 1 atom stereocenters. The van der Waals surface area contributed by atoms with Gasteiger partial charge in [0, 0.05) is 42.6 Å². The third kappa shape index (κ3) is 4.47. The zero-order valence-corrected chi connectivity index (χ0v) is 18.6. The highest BCUT2D eigenvalue weighted by molar-refractivity contribution is 6.06. The van der Waals surface area contributed by atoms with Gasteiger partial charge in [-0.25, -0.2) is 0 Å². The maximum atomic E-state index is 13.1. The van der Waals surface area contributed by atoms with Crippen LogP contribution < -0.4 is 5.32 Å². The lowest BCUT2D eigenvalue weighted by molar-refractivity contribution is -0.124. The van der Waals surface area contributed by atoms with Gasteiger partial charge in [-0.2, -0.15) is 0 Å². The number of Topliss-reactive ketones (excluding diaryl/α,β-unsaturated/α-hetero) is 2. The summed E-state index contributed by atoms with van der Waals surface area (Å²) >= 11 is 0. The molecule has 33 heavy (non-hydrogen) atoms. The summed E-state index contributed by atoms with van der Waals surface area (Å²) in [6.45, 7) is 0.321. The summed E-state index contributed by atoms with van der Waals surface area (Å²) in [6.07, 6.45) is 5.30. The molecule has 3 aliphatic rings. The van der Waals surface area contributed by atoms with Crippen LogP contribution in [0.3, 0.4) is 0 Å². The Morgan fingerprint density at radius 3 is 2.52 bits per heavy atom. The molecule has 0 saturated heterocycles. The molecule has 1 N–H and O–H groups in total. The van der Waals surface area contributed by atoms with Crippen molar-refractivity contribution >= 4 is 29.1 Å². The number of fused-ring (bicyclic) bond motifs is 1. The minimum absolute atomic E-state index is 0.0380. The third-order valence-electron chi connectivity index (χ3n) is 6.99. The Bertz CT molecular complexity index is 1130. The predicted molar refractivity (Wildman–Crippen MR) is 124 cm³/mol. The van der Waals surface area contributed by atoms with Gasteiger partial charge in [-0.05, 0) is 73.4 Å². The molecule has 2 saturated carbocycles. The van der Waals surface area contributed by atoms with Gasteiger partial charge >= 0.3 is 0 Å². The van der Waals surface area contributed by atoms with E-state index >= 15 is 0 Å². The van der Waals surface area contributed by atoms with Crippen LogP contribution in [0.25, 0.3) is 0 Å². The van der Waals surface area contributed by atoms with Crippen LogP contribution in [0.4, 0.5) is 5.69 Å². The first-order chi connectivity index (χ1) is 16.0. The largest absolute Gasteiger partial charge is 0.324 e. The lowest BCUT2D eigenvalue weighted by Crippen LogP contribution is -2.41. The molecule has 5 rings (SSSR count). The summed E-state index contributed by atoms with van der Waals surface area (Å²) in [7, 11) is 0. The highest BCUT2D eigenvalue weighted by atomic mass is 16.2. The Labute approximate surface area is 193 Å². The number of ketones is 2. The Morgan fingerprint density at radius 1 is 0.909 bits per heavy atom. The molecule has 0 spiro atoms. The molecular formula is C27H28N2O4. The molecule has 6 heteroatoms. The van der Waals surface area contributed by atoms with Crippen LogP contribution in [0, 0.1) is 0 Å². The second-order valence-corrected chi connectivity index (χ2v) is 9.39. The Morgan fingerprint density at radius 2 is 1.70 bits per heavy atom. The molecule has 2 aromatic carbocycles. The van der Waals surface area contributed by atoms with Crippen molar-refractivity contribution in [2.24, 2.45) is 0 Å². The highest BCUT2D eigenvalue weighted by Crippen LogP contribution is 2.41. The Kier molecular flexibility index (Phi) is 5.83. The van der Waals surface area contributed by atoms with Crippen LogP contribution in [-0.4, -0.2) is 34.3 Å². The number of anilines is 1. The number of nitrogens with one attached hydrogen (secondary N) is 1. The van der Waals surface area contributed by atoms with E-state index < -0.39 is 6.04 Å². The first-order valence-electron chi connectivity index (χ1n) is 11.9. The molecule has 1 aliphatic heterocycles. The number of hydrogen-bond donors (Lipinski definition) is 1. The van der Waals surface area contributed by atoms with Gasteiger partial charge < -0.3 is 10.2 Å². The Balaban J connectivity index is 1.33. The van der Waals surface area contributed by atoms with Crippen molar-refractivity contribution in [3.8, 4) is 0 Å². The molecular weight excluding hydrogens is 416 g/mol. The van der Waals surface area contributed by atoms with Gasteiger partial charge in [-0.3, -0.25) is 19.2 Å². The van der Waals surface area contributed by atoms with Gasteiger partial charge in [0.1, 0.15) is 5.78 Å². The first-order valence-corrected chi connectivity index (χ1v) is 11.9. The fourth-order valence-electron chi connectivity index (χ4n) is 5.03. The fourth-order valence-corrected chi connectivity index (χ4v) is 5.03. The third-order valence-corrected chi connectivity index (χ3v) is 6.99. The summed E-state index contributed by atoms with van der Waals surface area (Å²) in [5.41, 5.74) is 3.78. The van der Waals surface area contributed by atoms with E-state index in [0.29, 0.717) is 61.4 Å². The average molecular weight is 445 g/mol. The molecule has 1 unspecified atom stereocenters. The normalized spacial score (nSPS) is 21.3. The molecule has 1 heterocycles. The van der Waals surface area contributed by atoms with Gasteiger partial charge in [-0.15, -0.1) is 0 Å². The van der Waals surface area contributed by atoms with Crippen molar-refractivity contribution in [2.75, 3.05) is 5.32 Å². The minimum atomic E-state index is -0.560. The number of nitrogens with zero attached hydrogens (tertiary/aromatic N) is 1. The van der Waals surface area contributed by atoms with E-state index in [9.17, 15) is 19.2 Å². The number of benzene rings is 2. The van der Waals surface area contributed by atoms with Crippen molar-refractivity contribution in [1.82, 2.24) is 4.90 Å². The fraction of sp³-hybridized carbons (Fsp3) is 0.407. The van der Waals surface area contributed by atoms with Gasteiger partial charge in [0.05, 0.1) is 6.04 Å². The van der Waals surface area contributed by atoms with Crippen LogP contribution in [-0.2, 0) is 16.1 Å². The molecule has 0 bridgehead atoms. The molecule has 2 aromatic rings. The zero-order valence-electron chi connectivity index (χ0n) is 18.6. The van der Waals surface area contributed by atoms with E-state index in [1.54, 1.807) is 17.0 Å². The maximum Gasteiger partial charge on any atom is 0.255 e. The summed E-state index contributed by atoms with van der Waals surface area (Å²) in [4.78, 5) is 52.5. The number of rotatable bonds is 4. The van der Waals surface area contributed by atoms with Crippen LogP contribution in [0.2, 0.25) is 0 Å². The topological polar surface area (TPSA) is 83.6 Å². The van der Waals surface area contributed by atoms with E-state index in [2.05, 4.69) is 5.32 Å². The van der Waals surface area contributed by atoms with Crippen LogP contribution in [0.1, 0.15) is 89.1 Å². The van der Waals surface area contributed by atoms with Crippen LogP contribution in [0.5, 0.6) is 0 Å². The quantitative estimate of drug-likeness (QED) is 0.745. The van der Waals surface area contributed by atoms with Crippen molar-refractivity contribution in [1.29, 1.82) is 0 Å². The molecule has 170 valence electrons. The van der Waals surface area contributed by atoms with E-state index in [0.717, 1.165) is 30.4 Å². The molecule has 2 fully saturated rings. The predicted octanol–water partition coefficient (Wildman–Crippen LogP) is 4.63. The molecule has 6 nitrogen and oxygen atoms in total. The summed E-state index contributed by atoms with van der Waals surface area (Å²) < 4.78 is 0. The van der Waals surface area contributed by atoms with Crippen molar-refractivity contribution in [3.63, 3.8) is 0 Å². The molecule has 0 aromatic heterocycles. The zero-order chi connectivity index (χ0) is 22.9. The van der Waals surface area contributed by atoms with Gasteiger partial charge in [0.15, 0.2) is 5.78 Å². The van der Waals surface area contributed by atoms with Crippen molar-refractivity contribution in [3.05, 3.63) is 64.7 Å². The summed E-state index contributed by atoms with van der Waals surface area (Å²) in [5.74, 6) is 0.345. The number of hydrogen-bond acceptors (Lipinski definition) is 4. The van der Waals surface area contributed by atoms with E-state index in [1.807, 2.05) is 30.3 Å². The standard InChI is InChI=1S/C27H28N2O4/c30-20-5-1-4-8-25(31)24(14-12-20)29-16-18-15-19(11-13-22(18)27(29)33)28-26(32)23-7-3-2-6-21(23)17-9-10-17/h2-3,6-7,11,13,15,17,24H,1,4-5,8-10,12,14,16H2,(H,28,32). The van der Waals surface area contributed by atoms with Crippen molar-refractivity contribution < 1.29 is 19.2 Å². The molecule has 2 aliphatic carbocycles. The second-order valence-electron chi connectivity index (χ2n) is 9.39. The van der Waals surface area contributed by atoms with Crippen LogP contribution >= 0.6 is 0 Å². The maximum absolute atomic E-state index is 13.1. The summed E-state index contributed by atoms with van der Waals surface area (Å²) in [6, 6.07) is 12.4. The van der Waals surface area contributed by atoms with E-state index in [-0.39, 0.29) is 23.4 Å². The van der Waals surface area contributed by atoms with Crippen molar-refractivity contribution in [2.45, 2.75) is 69.9 Å². The smallest absolute Gasteiger partial charge is 0.255 e. The van der Waals surface area contributed by atoms with E-state index in [1.165, 1.54) is 0 Å². The van der Waals surface area contributed by atoms with Gasteiger partial charge in [0.25, 0.3) is 11.8 Å².